The van der Waals surface area contributed by atoms with Crippen molar-refractivity contribution in [2.75, 3.05) is 11.1 Å². The molecule has 0 spiro atoms. The van der Waals surface area contributed by atoms with Crippen LogP contribution in [-0.2, 0) is 11.8 Å². The first-order valence-corrected chi connectivity index (χ1v) is 8.49. The van der Waals surface area contributed by atoms with Crippen molar-refractivity contribution in [1.29, 1.82) is 0 Å². The Labute approximate surface area is 142 Å². The van der Waals surface area contributed by atoms with Gasteiger partial charge in [0.15, 0.2) is 5.16 Å². The van der Waals surface area contributed by atoms with Crippen molar-refractivity contribution in [3.05, 3.63) is 54.6 Å². The number of rotatable bonds is 4. The number of hydrogen-bond acceptors (Lipinski definition) is 4. The smallest absolute Gasteiger partial charge is 0.236 e. The summed E-state index contributed by atoms with van der Waals surface area (Å²) in [6.45, 7) is 0. The van der Waals surface area contributed by atoms with Crippen molar-refractivity contribution in [3.63, 3.8) is 0 Å². The molecule has 2 aromatic carbocycles. The van der Waals surface area contributed by atoms with E-state index in [0.717, 1.165) is 22.5 Å². The number of carbonyl (C=O) groups excluding carboxylic acids is 1. The molecule has 2 aromatic heterocycles. The second kappa shape index (κ2) is 6.01. The molecular formula is C17H15N5OS. The van der Waals surface area contributed by atoms with E-state index in [1.807, 2.05) is 70.6 Å². The molecule has 0 saturated carbocycles. The fourth-order valence-corrected chi connectivity index (χ4v) is 3.42. The van der Waals surface area contributed by atoms with E-state index < -0.39 is 0 Å². The molecule has 6 nitrogen and oxygen atoms in total. The number of nitrogens with zero attached hydrogens (tertiary/aromatic N) is 4. The van der Waals surface area contributed by atoms with Crippen molar-refractivity contribution in [2.45, 2.75) is 5.16 Å². The van der Waals surface area contributed by atoms with E-state index in [9.17, 15) is 4.79 Å². The molecule has 0 aliphatic heterocycles. The number of anilines is 1. The highest BCUT2D eigenvalue weighted by Crippen LogP contribution is 2.24. The van der Waals surface area contributed by atoms with Gasteiger partial charge in [-0.2, -0.15) is 0 Å². The molecule has 0 atom stereocenters. The lowest BCUT2D eigenvalue weighted by Gasteiger charge is -2.03. The van der Waals surface area contributed by atoms with Crippen molar-refractivity contribution >= 4 is 40.2 Å². The Kier molecular flexibility index (Phi) is 3.70. The molecule has 4 aromatic rings. The minimum atomic E-state index is -0.0665. The van der Waals surface area contributed by atoms with E-state index in [0.29, 0.717) is 5.16 Å². The van der Waals surface area contributed by atoms with Gasteiger partial charge in [-0.1, -0.05) is 42.1 Å². The summed E-state index contributed by atoms with van der Waals surface area (Å²) in [5.41, 5.74) is 2.91. The van der Waals surface area contributed by atoms with Gasteiger partial charge in [0.05, 0.1) is 16.8 Å². The van der Waals surface area contributed by atoms with E-state index in [4.69, 9.17) is 0 Å². The maximum absolute atomic E-state index is 12.1. The number of hydrogen-bond donors (Lipinski definition) is 1. The number of benzene rings is 2. The van der Waals surface area contributed by atoms with Crippen LogP contribution in [0, 0.1) is 0 Å². The van der Waals surface area contributed by atoms with Crippen LogP contribution in [0.15, 0.2) is 59.8 Å². The molecule has 24 heavy (non-hydrogen) atoms. The third-order valence-corrected chi connectivity index (χ3v) is 4.72. The summed E-state index contributed by atoms with van der Waals surface area (Å²) in [4.78, 5) is 12.1. The largest absolute Gasteiger partial charge is 0.325 e. The van der Waals surface area contributed by atoms with Crippen LogP contribution in [-0.4, -0.2) is 30.8 Å². The van der Waals surface area contributed by atoms with Crippen molar-refractivity contribution < 1.29 is 4.79 Å². The monoisotopic (exact) mass is 337 g/mol. The van der Waals surface area contributed by atoms with Crippen molar-refractivity contribution in [3.8, 4) is 0 Å². The first-order chi connectivity index (χ1) is 11.7. The Hall–Kier alpha value is -2.80. The molecule has 120 valence electrons. The molecule has 7 heteroatoms. The highest BCUT2D eigenvalue weighted by Gasteiger charge is 2.15. The third kappa shape index (κ3) is 2.52. The first kappa shape index (κ1) is 14.8. The van der Waals surface area contributed by atoms with Gasteiger partial charge >= 0.3 is 0 Å². The van der Waals surface area contributed by atoms with Gasteiger partial charge in [0.1, 0.15) is 0 Å². The Morgan fingerprint density at radius 1 is 1.04 bits per heavy atom. The molecule has 0 aliphatic rings. The van der Waals surface area contributed by atoms with E-state index in [2.05, 4.69) is 15.5 Å². The maximum Gasteiger partial charge on any atom is 0.236 e. The van der Waals surface area contributed by atoms with Gasteiger partial charge in [0.25, 0.3) is 0 Å². The van der Waals surface area contributed by atoms with E-state index in [1.165, 1.54) is 11.8 Å². The molecular weight excluding hydrogens is 322 g/mol. The Balaban J connectivity index is 1.57. The normalized spacial score (nSPS) is 11.2. The van der Waals surface area contributed by atoms with Crippen LogP contribution >= 0.6 is 11.8 Å². The zero-order chi connectivity index (χ0) is 16.5. The summed E-state index contributed by atoms with van der Waals surface area (Å²) in [6.07, 6.45) is 0. The summed E-state index contributed by atoms with van der Waals surface area (Å²) in [6, 6.07) is 17.5. The molecule has 2 heterocycles. The predicted molar refractivity (Wildman–Crippen MR) is 95.3 cm³/mol. The third-order valence-electron chi connectivity index (χ3n) is 3.79. The molecule has 0 aliphatic carbocycles. The van der Waals surface area contributed by atoms with Gasteiger partial charge in [-0.05, 0) is 24.3 Å². The summed E-state index contributed by atoms with van der Waals surface area (Å²) in [5, 5.41) is 12.0. The van der Waals surface area contributed by atoms with Gasteiger partial charge in [0.2, 0.25) is 11.7 Å². The van der Waals surface area contributed by atoms with Crippen LogP contribution in [0.3, 0.4) is 0 Å². The maximum atomic E-state index is 12.1. The number of aryl methyl sites for hydroxylation is 1. The van der Waals surface area contributed by atoms with Crippen LogP contribution in [0.5, 0.6) is 0 Å². The number of imidazole rings is 1. The van der Waals surface area contributed by atoms with Crippen LogP contribution in [0.4, 0.5) is 5.69 Å². The van der Waals surface area contributed by atoms with Gasteiger partial charge in [-0.15, -0.1) is 10.2 Å². The van der Waals surface area contributed by atoms with Crippen LogP contribution in [0.2, 0.25) is 0 Å². The number of amides is 1. The molecule has 0 radical (unpaired) electrons. The standard InChI is InChI=1S/C17H15N5OS/c1-21-13-9-5-6-10-14(13)22-16(21)19-20-17(22)24-11-15(23)18-12-7-3-2-4-8-12/h2-10H,11H2,1H3,(H,18,23). The molecule has 0 bridgehead atoms. The average molecular weight is 337 g/mol. The summed E-state index contributed by atoms with van der Waals surface area (Å²) in [5.74, 6) is 0.976. The van der Waals surface area contributed by atoms with Crippen molar-refractivity contribution in [2.24, 2.45) is 7.05 Å². The lowest BCUT2D eigenvalue weighted by molar-refractivity contribution is -0.113. The fraction of sp³-hybridized carbons (Fsp3) is 0.118. The lowest BCUT2D eigenvalue weighted by atomic mass is 10.3. The van der Waals surface area contributed by atoms with Crippen molar-refractivity contribution in [1.82, 2.24) is 19.2 Å². The predicted octanol–water partition coefficient (Wildman–Crippen LogP) is 2.95. The molecule has 1 amide bonds. The van der Waals surface area contributed by atoms with E-state index in [1.54, 1.807) is 0 Å². The zero-order valence-corrected chi connectivity index (χ0v) is 13.8. The number of carbonyl (C=O) groups is 1. The quantitative estimate of drug-likeness (QED) is 0.582. The first-order valence-electron chi connectivity index (χ1n) is 7.50. The second-order valence-electron chi connectivity index (χ2n) is 5.37. The molecule has 0 fully saturated rings. The Morgan fingerprint density at radius 3 is 2.54 bits per heavy atom. The van der Waals surface area contributed by atoms with E-state index in [-0.39, 0.29) is 11.7 Å². The van der Waals surface area contributed by atoms with Gasteiger partial charge < -0.3 is 9.88 Å². The minimum Gasteiger partial charge on any atom is -0.325 e. The summed E-state index contributed by atoms with van der Waals surface area (Å²) < 4.78 is 3.98. The average Bonchev–Trinajstić information content (AvgIpc) is 3.15. The van der Waals surface area contributed by atoms with Crippen LogP contribution in [0.25, 0.3) is 16.8 Å². The number of thioether (sulfide) groups is 1. The minimum absolute atomic E-state index is 0.0665. The highest BCUT2D eigenvalue weighted by atomic mass is 32.2. The Morgan fingerprint density at radius 2 is 1.75 bits per heavy atom. The second-order valence-corrected chi connectivity index (χ2v) is 6.31. The Bertz CT molecular complexity index is 1020. The summed E-state index contributed by atoms with van der Waals surface area (Å²) in [7, 11) is 1.96. The molecule has 0 unspecified atom stereocenters. The SMILES string of the molecule is Cn1c2ccccc2n2c(SCC(=O)Nc3ccccc3)nnc12. The summed E-state index contributed by atoms with van der Waals surface area (Å²) >= 11 is 1.38. The molecule has 1 N–H and O–H groups in total. The van der Waals surface area contributed by atoms with Crippen LogP contribution < -0.4 is 5.32 Å². The molecule has 4 rings (SSSR count). The number of aromatic nitrogens is 4. The van der Waals surface area contributed by atoms with Crippen LogP contribution in [0.1, 0.15) is 0 Å². The van der Waals surface area contributed by atoms with Gasteiger partial charge in [-0.25, -0.2) is 0 Å². The van der Waals surface area contributed by atoms with Gasteiger partial charge in [-0.3, -0.25) is 9.20 Å². The number of fused-ring (bicyclic) bond motifs is 3. The zero-order valence-electron chi connectivity index (χ0n) is 13.0. The highest BCUT2D eigenvalue weighted by molar-refractivity contribution is 7.99. The van der Waals surface area contributed by atoms with E-state index >= 15 is 0 Å². The topological polar surface area (TPSA) is 64.2 Å². The number of nitrogens with one attached hydrogen (secondary N) is 1. The molecule has 0 saturated heterocycles. The number of para-hydroxylation sites is 3. The lowest BCUT2D eigenvalue weighted by Crippen LogP contribution is -2.14. The fourth-order valence-electron chi connectivity index (χ4n) is 2.68. The van der Waals surface area contributed by atoms with Gasteiger partial charge in [0, 0.05) is 12.7 Å².